The Kier molecular flexibility index (Phi) is 4.12. The summed E-state index contributed by atoms with van der Waals surface area (Å²) >= 11 is 0. The number of hydrogen-bond donors (Lipinski definition) is 3. The Bertz CT molecular complexity index is 719. The molecule has 108 valence electrons. The molecule has 5 heteroatoms. The molecule has 0 aliphatic rings. The Morgan fingerprint density at radius 2 is 2.05 bits per heavy atom. The van der Waals surface area contributed by atoms with E-state index in [-0.39, 0.29) is 0 Å². The van der Waals surface area contributed by atoms with Gasteiger partial charge in [0.25, 0.3) is 0 Å². The molecule has 0 aliphatic carbocycles. The summed E-state index contributed by atoms with van der Waals surface area (Å²) in [4.78, 5) is 11.7. The number of anilines is 1. The van der Waals surface area contributed by atoms with Crippen LogP contribution in [-0.2, 0) is 12.8 Å². The van der Waals surface area contributed by atoms with E-state index in [1.165, 1.54) is 16.5 Å². The summed E-state index contributed by atoms with van der Waals surface area (Å²) in [5.41, 5.74) is 9.01. The fraction of sp³-hybridized carbons (Fsp3) is 0.250. The lowest BCUT2D eigenvalue weighted by Crippen LogP contribution is -2.09. The number of benzene rings is 1. The molecule has 1 aromatic carbocycles. The van der Waals surface area contributed by atoms with Gasteiger partial charge in [0.1, 0.15) is 12.1 Å². The fourth-order valence-electron chi connectivity index (χ4n) is 2.44. The maximum atomic E-state index is 5.54. The zero-order chi connectivity index (χ0) is 14.5. The molecule has 0 unspecified atom stereocenters. The number of nitrogens with zero attached hydrogens (tertiary/aromatic N) is 2. The molecule has 0 saturated heterocycles. The number of fused-ring (bicyclic) bond motifs is 1. The molecule has 0 atom stereocenters. The van der Waals surface area contributed by atoms with Crippen LogP contribution < -0.4 is 11.1 Å². The third-order valence-corrected chi connectivity index (χ3v) is 3.50. The van der Waals surface area contributed by atoms with Crippen molar-refractivity contribution in [3.8, 4) is 0 Å². The number of nitrogens with two attached hydrogens (primary N) is 1. The zero-order valence-electron chi connectivity index (χ0n) is 11.8. The molecule has 3 aromatic rings. The van der Waals surface area contributed by atoms with Gasteiger partial charge in [-0.1, -0.05) is 18.2 Å². The third kappa shape index (κ3) is 3.20. The minimum Gasteiger partial charge on any atom is -0.370 e. The van der Waals surface area contributed by atoms with Crippen molar-refractivity contribution < 1.29 is 0 Å². The first-order valence-corrected chi connectivity index (χ1v) is 7.16. The van der Waals surface area contributed by atoms with E-state index in [1.807, 2.05) is 12.1 Å². The van der Waals surface area contributed by atoms with E-state index >= 15 is 0 Å². The van der Waals surface area contributed by atoms with Crippen molar-refractivity contribution in [1.29, 1.82) is 0 Å². The van der Waals surface area contributed by atoms with Crippen LogP contribution in [-0.4, -0.2) is 28.0 Å². The van der Waals surface area contributed by atoms with E-state index in [0.29, 0.717) is 6.54 Å². The zero-order valence-corrected chi connectivity index (χ0v) is 11.8. The van der Waals surface area contributed by atoms with Crippen LogP contribution in [0.1, 0.15) is 11.3 Å². The lowest BCUT2D eigenvalue weighted by Gasteiger charge is -2.06. The van der Waals surface area contributed by atoms with Gasteiger partial charge in [0.15, 0.2) is 0 Å². The monoisotopic (exact) mass is 281 g/mol. The molecule has 0 amide bonds. The summed E-state index contributed by atoms with van der Waals surface area (Å²) in [5, 5.41) is 4.62. The van der Waals surface area contributed by atoms with Crippen LogP contribution in [0.4, 0.5) is 5.82 Å². The highest BCUT2D eigenvalue weighted by Gasteiger charge is 2.03. The molecule has 0 saturated carbocycles. The maximum absolute atomic E-state index is 5.54. The minimum absolute atomic E-state index is 0.603. The summed E-state index contributed by atoms with van der Waals surface area (Å²) in [5.74, 6) is 0.855. The van der Waals surface area contributed by atoms with Gasteiger partial charge in [-0.3, -0.25) is 0 Å². The highest BCUT2D eigenvalue weighted by atomic mass is 15.0. The van der Waals surface area contributed by atoms with Crippen molar-refractivity contribution >= 4 is 16.7 Å². The predicted octanol–water partition coefficient (Wildman–Crippen LogP) is 2.11. The van der Waals surface area contributed by atoms with Gasteiger partial charge < -0.3 is 16.0 Å². The molecule has 0 radical (unpaired) electrons. The first-order valence-electron chi connectivity index (χ1n) is 7.16. The van der Waals surface area contributed by atoms with Gasteiger partial charge in [-0.05, 0) is 24.6 Å². The quantitative estimate of drug-likeness (QED) is 0.646. The van der Waals surface area contributed by atoms with Crippen LogP contribution in [0.2, 0.25) is 0 Å². The summed E-state index contributed by atoms with van der Waals surface area (Å²) in [6.45, 7) is 1.44. The molecule has 0 fully saturated rings. The molecule has 3 rings (SSSR count). The van der Waals surface area contributed by atoms with Crippen LogP contribution in [0.3, 0.4) is 0 Å². The van der Waals surface area contributed by atoms with Crippen molar-refractivity contribution in [3.05, 3.63) is 54.1 Å². The molecule has 21 heavy (non-hydrogen) atoms. The highest BCUT2D eigenvalue weighted by molar-refractivity contribution is 5.83. The number of H-pyrrole nitrogens is 1. The van der Waals surface area contributed by atoms with Gasteiger partial charge in [0.05, 0.1) is 0 Å². The van der Waals surface area contributed by atoms with Crippen LogP contribution in [0.25, 0.3) is 10.9 Å². The number of aromatic amines is 1. The Balaban J connectivity index is 1.62. The summed E-state index contributed by atoms with van der Waals surface area (Å²) < 4.78 is 0. The van der Waals surface area contributed by atoms with Crippen LogP contribution in [0, 0.1) is 0 Å². The summed E-state index contributed by atoms with van der Waals surface area (Å²) in [6, 6.07) is 10.3. The van der Waals surface area contributed by atoms with Crippen molar-refractivity contribution in [2.45, 2.75) is 12.8 Å². The number of aromatic nitrogens is 3. The normalized spacial score (nSPS) is 10.9. The van der Waals surface area contributed by atoms with Crippen molar-refractivity contribution in [2.24, 2.45) is 5.73 Å². The van der Waals surface area contributed by atoms with Crippen molar-refractivity contribution in [3.63, 3.8) is 0 Å². The maximum Gasteiger partial charge on any atom is 0.129 e. The van der Waals surface area contributed by atoms with E-state index in [2.05, 4.69) is 44.7 Å². The topological polar surface area (TPSA) is 79.6 Å². The molecule has 5 nitrogen and oxygen atoms in total. The third-order valence-electron chi connectivity index (χ3n) is 3.50. The van der Waals surface area contributed by atoms with Gasteiger partial charge in [0.2, 0.25) is 0 Å². The molecular formula is C16H19N5. The lowest BCUT2D eigenvalue weighted by atomic mass is 10.1. The van der Waals surface area contributed by atoms with E-state index in [0.717, 1.165) is 30.9 Å². The van der Waals surface area contributed by atoms with E-state index in [1.54, 1.807) is 6.33 Å². The van der Waals surface area contributed by atoms with E-state index in [9.17, 15) is 0 Å². The number of rotatable bonds is 6. The SMILES string of the molecule is NCCc1cc(NCCc2c[nH]c3ccccc23)ncn1. The molecule has 2 aromatic heterocycles. The second-order valence-corrected chi connectivity index (χ2v) is 4.97. The Labute approximate surface area is 123 Å². The first-order chi connectivity index (χ1) is 10.4. The van der Waals surface area contributed by atoms with Gasteiger partial charge in [0, 0.05) is 41.8 Å². The fourth-order valence-corrected chi connectivity index (χ4v) is 2.44. The van der Waals surface area contributed by atoms with Crippen LogP contribution in [0.5, 0.6) is 0 Å². The molecule has 4 N–H and O–H groups in total. The molecular weight excluding hydrogens is 262 g/mol. The van der Waals surface area contributed by atoms with E-state index < -0.39 is 0 Å². The molecule has 0 spiro atoms. The lowest BCUT2D eigenvalue weighted by molar-refractivity contribution is 0.905. The van der Waals surface area contributed by atoms with Crippen molar-refractivity contribution in [1.82, 2.24) is 15.0 Å². The average molecular weight is 281 g/mol. The second kappa shape index (κ2) is 6.37. The largest absolute Gasteiger partial charge is 0.370 e. The van der Waals surface area contributed by atoms with Crippen LogP contribution in [0.15, 0.2) is 42.9 Å². The molecule has 0 aliphatic heterocycles. The predicted molar refractivity (Wildman–Crippen MR) is 85.3 cm³/mol. The minimum atomic E-state index is 0.603. The summed E-state index contributed by atoms with van der Waals surface area (Å²) in [6.07, 6.45) is 5.38. The standard InChI is InChI=1S/C16H19N5/c17-7-5-13-9-16(21-11-20-13)18-8-6-12-10-19-15-4-2-1-3-14(12)15/h1-4,9-11,19H,5-8,17H2,(H,18,20,21). The molecule has 2 heterocycles. The van der Waals surface area contributed by atoms with Crippen molar-refractivity contribution in [2.75, 3.05) is 18.4 Å². The number of para-hydroxylation sites is 1. The van der Waals surface area contributed by atoms with Gasteiger partial charge in [-0.25, -0.2) is 9.97 Å². The second-order valence-electron chi connectivity index (χ2n) is 4.97. The molecule has 0 bridgehead atoms. The number of nitrogens with one attached hydrogen (secondary N) is 2. The Hall–Kier alpha value is -2.40. The first kappa shape index (κ1) is 13.6. The van der Waals surface area contributed by atoms with Gasteiger partial charge in [-0.15, -0.1) is 0 Å². The number of hydrogen-bond acceptors (Lipinski definition) is 4. The Morgan fingerprint density at radius 1 is 1.14 bits per heavy atom. The highest BCUT2D eigenvalue weighted by Crippen LogP contribution is 2.18. The van der Waals surface area contributed by atoms with E-state index in [4.69, 9.17) is 5.73 Å². The van der Waals surface area contributed by atoms with Gasteiger partial charge >= 0.3 is 0 Å². The smallest absolute Gasteiger partial charge is 0.129 e. The van der Waals surface area contributed by atoms with Gasteiger partial charge in [-0.2, -0.15) is 0 Å². The summed E-state index contributed by atoms with van der Waals surface area (Å²) in [7, 11) is 0. The Morgan fingerprint density at radius 3 is 2.95 bits per heavy atom. The van der Waals surface area contributed by atoms with Crippen LogP contribution >= 0.6 is 0 Å². The average Bonchev–Trinajstić information content (AvgIpc) is 2.92.